The van der Waals surface area contributed by atoms with E-state index in [9.17, 15) is 22.8 Å². The topological polar surface area (TPSA) is 228 Å². The van der Waals surface area contributed by atoms with E-state index in [2.05, 4.69) is 41.5 Å². The Morgan fingerprint density at radius 3 is 0.900 bits per heavy atom. The number of sulfone groups is 1. The summed E-state index contributed by atoms with van der Waals surface area (Å²) in [5.74, 6) is 1.16. The Bertz CT molecular complexity index is 785. The zero-order chi connectivity index (χ0) is 50.7. The Kier molecular flexibility index (Phi) is 151. The molecule has 0 aliphatic rings. The van der Waals surface area contributed by atoms with Crippen LogP contribution in [-0.4, -0.2) is 86.0 Å². The molecular formula is C48H116N4O7S. The van der Waals surface area contributed by atoms with Crippen molar-refractivity contribution in [1.29, 1.82) is 5.41 Å². The minimum Gasteiger partial charge on any atom is -0.397 e. The first kappa shape index (κ1) is 89.4. The molecule has 0 amide bonds. The molecule has 0 aromatic rings. The highest BCUT2D eigenvalue weighted by Gasteiger charge is 1.95. The quantitative estimate of drug-likeness (QED) is 0.0563. The van der Waals surface area contributed by atoms with Gasteiger partial charge in [0.2, 0.25) is 0 Å². The number of nitrogens with one attached hydrogen (secondary N) is 1. The lowest BCUT2D eigenvalue weighted by atomic mass is 10.1. The normalized spacial score (nSPS) is 8.50. The predicted molar refractivity (Wildman–Crippen MR) is 274 cm³/mol. The molecule has 0 fully saturated rings. The smallest absolute Gasteiger partial charge is 0.147 e. The number of carbonyl (C=O) groups excluding carboxylic acids is 3. The van der Waals surface area contributed by atoms with Crippen molar-refractivity contribution in [2.75, 3.05) is 38.2 Å². The summed E-state index contributed by atoms with van der Waals surface area (Å²) in [5, 5.41) is 22.7. The van der Waals surface area contributed by atoms with Crippen LogP contribution in [0.5, 0.6) is 0 Å². The van der Waals surface area contributed by atoms with Crippen molar-refractivity contribution >= 4 is 32.9 Å². The second-order valence-electron chi connectivity index (χ2n) is 13.6. The third-order valence-corrected chi connectivity index (χ3v) is 6.67. The Hall–Kier alpha value is -1.57. The van der Waals surface area contributed by atoms with Crippen molar-refractivity contribution in [2.45, 2.75) is 253 Å². The van der Waals surface area contributed by atoms with E-state index in [1.54, 1.807) is 41.5 Å². The number of rotatable bonds is 18. The minimum absolute atomic E-state index is 0.167. The highest BCUT2D eigenvalue weighted by molar-refractivity contribution is 7.90. The maximum Gasteiger partial charge on any atom is 0.147 e. The molecule has 0 rings (SSSR count). The first-order valence-corrected chi connectivity index (χ1v) is 25.6. The molecule has 376 valence electrons. The van der Waals surface area contributed by atoms with Gasteiger partial charge in [-0.2, -0.15) is 0 Å². The molecule has 0 bridgehead atoms. The lowest BCUT2D eigenvalue weighted by Crippen LogP contribution is -2.00. The summed E-state index contributed by atoms with van der Waals surface area (Å²) < 4.78 is 20.5. The highest BCUT2D eigenvalue weighted by atomic mass is 32.2. The van der Waals surface area contributed by atoms with Gasteiger partial charge in [0.1, 0.15) is 27.2 Å². The molecule has 0 unspecified atom stereocenters. The van der Waals surface area contributed by atoms with E-state index in [1.807, 2.05) is 48.5 Å². The van der Waals surface area contributed by atoms with Crippen molar-refractivity contribution < 1.29 is 33.0 Å². The number of hydrogen-bond acceptors (Lipinski definition) is 11. The van der Waals surface area contributed by atoms with Gasteiger partial charge in [-0.3, -0.25) is 0 Å². The number of ketones is 3. The molecule has 0 radical (unpaired) electrons. The van der Waals surface area contributed by atoms with Crippen LogP contribution in [0, 0.1) is 5.41 Å². The fraction of sp³-hybridized carbons (Fsp3) is 0.917. The third kappa shape index (κ3) is 345. The van der Waals surface area contributed by atoms with E-state index in [4.69, 9.17) is 32.8 Å². The van der Waals surface area contributed by atoms with E-state index in [1.165, 1.54) is 64.0 Å². The second-order valence-corrected chi connectivity index (χ2v) is 15.9. The predicted octanol–water partition coefficient (Wildman–Crippen LogP) is 12.2. The van der Waals surface area contributed by atoms with Crippen LogP contribution in [0.2, 0.25) is 0 Å². The zero-order valence-electron chi connectivity index (χ0n) is 44.4. The molecular weight excluding hydrogens is 777 g/mol. The molecule has 0 aliphatic heterocycles. The summed E-state index contributed by atoms with van der Waals surface area (Å²) in [6.45, 7) is 39.0. The Labute approximate surface area is 378 Å². The Balaban J connectivity index is -0.0000000425. The highest BCUT2D eigenvalue weighted by Crippen LogP contribution is 1.98. The second kappa shape index (κ2) is 102. The van der Waals surface area contributed by atoms with Crippen LogP contribution in [0.15, 0.2) is 0 Å². The van der Waals surface area contributed by atoms with Crippen molar-refractivity contribution in [2.24, 2.45) is 17.2 Å². The van der Waals surface area contributed by atoms with E-state index >= 15 is 0 Å². The molecule has 11 nitrogen and oxygen atoms in total. The maximum absolute atomic E-state index is 10.2. The number of hydrogen-bond donors (Lipinski definition) is 6. The van der Waals surface area contributed by atoms with Crippen molar-refractivity contribution in [1.82, 2.24) is 0 Å². The van der Waals surface area contributed by atoms with Crippen LogP contribution >= 0.6 is 0 Å². The van der Waals surface area contributed by atoms with Crippen LogP contribution in [-0.2, 0) is 24.2 Å². The van der Waals surface area contributed by atoms with Gasteiger partial charge in [0.05, 0.1) is 0 Å². The largest absolute Gasteiger partial charge is 0.397 e. The Morgan fingerprint density at radius 1 is 0.533 bits per heavy atom. The summed E-state index contributed by atoms with van der Waals surface area (Å²) in [7, 11) is -2.67. The van der Waals surface area contributed by atoms with Gasteiger partial charge in [0, 0.05) is 49.7 Å². The zero-order valence-corrected chi connectivity index (χ0v) is 45.2. The molecule has 0 saturated carbocycles. The van der Waals surface area contributed by atoms with Gasteiger partial charge in [0.15, 0.2) is 0 Å². The summed E-state index contributed by atoms with van der Waals surface area (Å²) in [4.78, 5) is 30.1. The standard InChI is InChI=1S/C7H15N.C6H12O.C6H14.C5H10O.C4H11N.C4H10O2S.C4H8O.C3H9N.C3H8O.C2H7N.C2H6O.C2H6/c1-3-4-5-6-7(2)8;1-3-4-5-6(2)7;1-3-5-6-4-2;1-3-4-5(2)6;1-2-3-4-5;1-3-4-7(2,5)6;1-3-4(2)5;1-2-3-4;1-3(2)4;2*1-2-3;1-2/h8H,3-6H2,1-2H3;3-5H2,1-2H3;3-6H2,1-2H3;3-4H2,1-2H3;2-5H2,1H3;3-4H2,1-2H3;3H2,1-2H3;2-4H2,1H3;3-4H,1-2H3;2-3H2,1H3;3H,2H2,1H3;1-2H3. The van der Waals surface area contributed by atoms with Crippen molar-refractivity contribution in [3.63, 3.8) is 0 Å². The van der Waals surface area contributed by atoms with Crippen LogP contribution in [0.4, 0.5) is 0 Å². The first-order valence-electron chi connectivity index (χ1n) is 23.5. The van der Waals surface area contributed by atoms with E-state index in [-0.39, 0.29) is 24.3 Å². The summed E-state index contributed by atoms with van der Waals surface area (Å²) in [5.41, 5.74) is 15.8. The molecule has 0 heterocycles. The fourth-order valence-electron chi connectivity index (χ4n) is 2.49. The molecule has 12 heteroatoms. The molecule has 0 spiro atoms. The Morgan fingerprint density at radius 2 is 0.817 bits per heavy atom. The molecule has 0 aromatic heterocycles. The molecule has 9 N–H and O–H groups in total. The van der Waals surface area contributed by atoms with Crippen LogP contribution in [0.25, 0.3) is 0 Å². The van der Waals surface area contributed by atoms with E-state index in [0.717, 1.165) is 76.7 Å². The van der Waals surface area contributed by atoms with Gasteiger partial charge in [-0.15, -0.1) is 0 Å². The average molecular weight is 894 g/mol. The lowest BCUT2D eigenvalue weighted by Gasteiger charge is -1.93. The van der Waals surface area contributed by atoms with E-state index in [0.29, 0.717) is 18.0 Å². The van der Waals surface area contributed by atoms with Gasteiger partial charge in [0.25, 0.3) is 0 Å². The number of aliphatic hydroxyl groups is 2. The number of aliphatic hydroxyl groups excluding tert-OH is 2. The molecule has 60 heavy (non-hydrogen) atoms. The first-order chi connectivity index (χ1) is 27.9. The van der Waals surface area contributed by atoms with Crippen LogP contribution < -0.4 is 17.2 Å². The lowest BCUT2D eigenvalue weighted by molar-refractivity contribution is -0.117. The third-order valence-electron chi connectivity index (χ3n) is 5.52. The fourth-order valence-corrected chi connectivity index (χ4v) is 3.23. The summed E-state index contributed by atoms with van der Waals surface area (Å²) in [6.07, 6.45) is 20.9. The number of nitrogens with two attached hydrogens (primary N) is 3. The number of carbonyl (C=O) groups is 3. The SMILES string of the molecule is CC.CC(C)O.CCC(C)=O.CCCC(C)=O.CCCCC(C)=O.CCCCCC.CCCCCC(C)=N.CCCCN.CCCN.CCCS(C)(=O)=O.CCN.CCO. The van der Waals surface area contributed by atoms with Crippen LogP contribution in [0.1, 0.15) is 247 Å². The number of Topliss-reactive ketones (excluding diaryl/α,β-unsaturated/α-hetero) is 3. The molecule has 0 atom stereocenters. The summed E-state index contributed by atoms with van der Waals surface area (Å²) >= 11 is 0. The van der Waals surface area contributed by atoms with Crippen molar-refractivity contribution in [3.05, 3.63) is 0 Å². The molecule has 0 aliphatic carbocycles. The number of unbranched alkanes of at least 4 members (excludes halogenated alkanes) is 7. The van der Waals surface area contributed by atoms with Gasteiger partial charge in [-0.05, 0) is 113 Å². The van der Waals surface area contributed by atoms with Crippen molar-refractivity contribution in [3.8, 4) is 0 Å². The minimum atomic E-state index is -2.67. The van der Waals surface area contributed by atoms with E-state index < -0.39 is 9.84 Å². The molecule has 0 saturated heterocycles. The van der Waals surface area contributed by atoms with Gasteiger partial charge < -0.3 is 47.2 Å². The summed E-state index contributed by atoms with van der Waals surface area (Å²) in [6, 6.07) is 0. The maximum atomic E-state index is 10.2. The van der Waals surface area contributed by atoms with Crippen LogP contribution in [0.3, 0.4) is 0 Å². The van der Waals surface area contributed by atoms with Gasteiger partial charge >= 0.3 is 0 Å². The van der Waals surface area contributed by atoms with Gasteiger partial charge in [-0.1, -0.05) is 134 Å². The van der Waals surface area contributed by atoms with Gasteiger partial charge in [-0.25, -0.2) is 8.42 Å². The molecule has 0 aromatic carbocycles. The monoisotopic (exact) mass is 893 g/mol. The average Bonchev–Trinajstić information content (AvgIpc) is 3.16.